The van der Waals surface area contributed by atoms with Crippen LogP contribution >= 0.6 is 0 Å². The second kappa shape index (κ2) is 6.06. The van der Waals surface area contributed by atoms with E-state index in [-0.39, 0.29) is 11.7 Å². The summed E-state index contributed by atoms with van der Waals surface area (Å²) < 4.78 is 5.33. The number of aromatic hydroxyl groups is 1. The lowest BCUT2D eigenvalue weighted by Gasteiger charge is -2.13. The first-order valence-electron chi connectivity index (χ1n) is 7.45. The van der Waals surface area contributed by atoms with Crippen LogP contribution in [-0.4, -0.2) is 5.11 Å². The molecule has 22 heavy (non-hydrogen) atoms. The van der Waals surface area contributed by atoms with E-state index in [9.17, 15) is 9.90 Å². The molecule has 0 saturated carbocycles. The third kappa shape index (κ3) is 2.75. The van der Waals surface area contributed by atoms with Crippen LogP contribution in [0.4, 0.5) is 0 Å². The van der Waals surface area contributed by atoms with E-state index < -0.39 is 5.63 Å². The highest BCUT2D eigenvalue weighted by molar-refractivity contribution is 5.84. The van der Waals surface area contributed by atoms with Gasteiger partial charge in [-0.3, -0.25) is 0 Å². The Hall–Kier alpha value is -2.55. The molecule has 3 aromatic rings. The van der Waals surface area contributed by atoms with Crippen molar-refractivity contribution in [1.82, 2.24) is 0 Å². The van der Waals surface area contributed by atoms with Gasteiger partial charge >= 0.3 is 5.63 Å². The number of hydrogen-bond acceptors (Lipinski definition) is 3. The molecule has 1 aromatic heterocycles. The van der Waals surface area contributed by atoms with Crippen molar-refractivity contribution in [3.8, 4) is 5.75 Å². The maximum absolute atomic E-state index is 12.2. The Bertz CT molecular complexity index is 834. The first-order chi connectivity index (χ1) is 10.7. The highest BCUT2D eigenvalue weighted by Crippen LogP contribution is 2.32. The summed E-state index contributed by atoms with van der Waals surface area (Å²) in [4.78, 5) is 12.2. The van der Waals surface area contributed by atoms with Gasteiger partial charge in [0.2, 0.25) is 0 Å². The topological polar surface area (TPSA) is 50.4 Å². The molecule has 2 aromatic carbocycles. The molecule has 0 fully saturated rings. The van der Waals surface area contributed by atoms with Gasteiger partial charge in [-0.25, -0.2) is 4.79 Å². The lowest BCUT2D eigenvalue weighted by atomic mass is 9.93. The quantitative estimate of drug-likeness (QED) is 0.732. The summed E-state index contributed by atoms with van der Waals surface area (Å²) in [5, 5.41) is 11.0. The van der Waals surface area contributed by atoms with Crippen molar-refractivity contribution in [3.05, 3.63) is 76.1 Å². The molecule has 1 heterocycles. The lowest BCUT2D eigenvalue weighted by Crippen LogP contribution is -2.12. The van der Waals surface area contributed by atoms with E-state index in [1.54, 1.807) is 18.2 Å². The lowest BCUT2D eigenvalue weighted by molar-refractivity contribution is 0.445. The fourth-order valence-electron chi connectivity index (χ4n) is 2.75. The molecular weight excluding hydrogens is 276 g/mol. The maximum atomic E-state index is 12.2. The minimum Gasteiger partial charge on any atom is -0.507 e. The molecule has 3 nitrogen and oxygen atoms in total. The second-order valence-corrected chi connectivity index (χ2v) is 5.57. The van der Waals surface area contributed by atoms with E-state index in [1.807, 2.05) is 31.2 Å². The minimum atomic E-state index is -0.447. The van der Waals surface area contributed by atoms with Crippen LogP contribution in [-0.2, 0) is 6.42 Å². The van der Waals surface area contributed by atoms with E-state index in [2.05, 4.69) is 12.1 Å². The van der Waals surface area contributed by atoms with Gasteiger partial charge in [-0.1, -0.05) is 49.4 Å². The van der Waals surface area contributed by atoms with Crippen LogP contribution in [0.5, 0.6) is 5.75 Å². The zero-order valence-electron chi connectivity index (χ0n) is 12.5. The van der Waals surface area contributed by atoms with Gasteiger partial charge in [0.25, 0.3) is 0 Å². The number of fused-ring (bicyclic) bond motifs is 1. The van der Waals surface area contributed by atoms with Crippen LogP contribution in [0.1, 0.15) is 30.4 Å². The molecule has 0 amide bonds. The molecule has 1 unspecified atom stereocenters. The van der Waals surface area contributed by atoms with Crippen molar-refractivity contribution < 1.29 is 9.52 Å². The van der Waals surface area contributed by atoms with E-state index in [1.165, 1.54) is 5.56 Å². The van der Waals surface area contributed by atoms with Gasteiger partial charge < -0.3 is 9.52 Å². The second-order valence-electron chi connectivity index (χ2n) is 5.57. The summed E-state index contributed by atoms with van der Waals surface area (Å²) in [6, 6.07) is 17.2. The van der Waals surface area contributed by atoms with E-state index in [0.717, 1.165) is 12.8 Å². The molecule has 112 valence electrons. The normalized spacial score (nSPS) is 12.4. The van der Waals surface area contributed by atoms with Crippen LogP contribution in [0.2, 0.25) is 0 Å². The highest BCUT2D eigenvalue weighted by Gasteiger charge is 2.19. The van der Waals surface area contributed by atoms with Gasteiger partial charge in [0.05, 0.1) is 10.9 Å². The van der Waals surface area contributed by atoms with Gasteiger partial charge in [0.1, 0.15) is 11.3 Å². The van der Waals surface area contributed by atoms with Crippen molar-refractivity contribution in [1.29, 1.82) is 0 Å². The predicted molar refractivity (Wildman–Crippen MR) is 87.3 cm³/mol. The molecule has 0 bridgehead atoms. The van der Waals surface area contributed by atoms with Crippen LogP contribution in [0.15, 0.2) is 63.8 Å². The summed E-state index contributed by atoms with van der Waals surface area (Å²) in [6.45, 7) is 1.95. The van der Waals surface area contributed by atoms with E-state index in [4.69, 9.17) is 4.42 Å². The predicted octanol–water partition coefficient (Wildman–Crippen LogP) is 4.23. The molecule has 0 aliphatic rings. The highest BCUT2D eigenvalue weighted by atomic mass is 16.4. The molecule has 0 aliphatic heterocycles. The zero-order valence-corrected chi connectivity index (χ0v) is 12.5. The van der Waals surface area contributed by atoms with Crippen molar-refractivity contribution in [3.63, 3.8) is 0 Å². The van der Waals surface area contributed by atoms with Gasteiger partial charge in [-0.15, -0.1) is 0 Å². The molecule has 0 saturated heterocycles. The largest absolute Gasteiger partial charge is 0.507 e. The maximum Gasteiger partial charge on any atom is 0.343 e. The van der Waals surface area contributed by atoms with E-state index in [0.29, 0.717) is 16.5 Å². The Kier molecular flexibility index (Phi) is 3.96. The van der Waals surface area contributed by atoms with E-state index >= 15 is 0 Å². The Morgan fingerprint density at radius 3 is 2.50 bits per heavy atom. The van der Waals surface area contributed by atoms with Crippen molar-refractivity contribution in [2.24, 2.45) is 0 Å². The fraction of sp³-hybridized carbons (Fsp3) is 0.211. The van der Waals surface area contributed by atoms with Gasteiger partial charge in [-0.2, -0.15) is 0 Å². The standard InChI is InChI=1S/C19H18O3/c1-13(11-12-14-7-3-2-4-8-14)17-18(20)15-9-5-6-10-16(15)22-19(17)21/h2-10,13,20H,11-12H2,1H3. The summed E-state index contributed by atoms with van der Waals surface area (Å²) in [5.41, 5.74) is 1.56. The number of para-hydroxylation sites is 1. The Balaban J connectivity index is 1.90. The first kappa shape index (κ1) is 14.4. The van der Waals surface area contributed by atoms with Gasteiger partial charge in [0.15, 0.2) is 0 Å². The van der Waals surface area contributed by atoms with Crippen molar-refractivity contribution >= 4 is 11.0 Å². The van der Waals surface area contributed by atoms with Crippen molar-refractivity contribution in [2.45, 2.75) is 25.7 Å². The van der Waals surface area contributed by atoms with Gasteiger partial charge in [0, 0.05) is 0 Å². The zero-order chi connectivity index (χ0) is 15.5. The average Bonchev–Trinajstić information content (AvgIpc) is 2.54. The van der Waals surface area contributed by atoms with Crippen LogP contribution < -0.4 is 5.63 Å². The summed E-state index contributed by atoms with van der Waals surface area (Å²) >= 11 is 0. The summed E-state index contributed by atoms with van der Waals surface area (Å²) in [7, 11) is 0. The third-order valence-corrected chi connectivity index (χ3v) is 4.02. The number of rotatable bonds is 4. The summed E-state index contributed by atoms with van der Waals surface area (Å²) in [5.74, 6) is -0.0199. The van der Waals surface area contributed by atoms with Crippen molar-refractivity contribution in [2.75, 3.05) is 0 Å². The fourth-order valence-corrected chi connectivity index (χ4v) is 2.75. The molecule has 3 rings (SSSR count). The molecule has 1 atom stereocenters. The molecule has 0 aliphatic carbocycles. The van der Waals surface area contributed by atoms with Gasteiger partial charge in [-0.05, 0) is 36.5 Å². The smallest absolute Gasteiger partial charge is 0.343 e. The number of benzene rings is 2. The SMILES string of the molecule is CC(CCc1ccccc1)c1c(O)c2ccccc2oc1=O. The minimum absolute atomic E-state index is 0.0485. The van der Waals surface area contributed by atoms with Crippen LogP contribution in [0.3, 0.4) is 0 Å². The third-order valence-electron chi connectivity index (χ3n) is 4.02. The molecule has 1 N–H and O–H groups in total. The average molecular weight is 294 g/mol. The molecule has 3 heteroatoms. The Morgan fingerprint density at radius 2 is 1.73 bits per heavy atom. The molecular formula is C19H18O3. The Labute approximate surface area is 128 Å². The molecule has 0 radical (unpaired) electrons. The first-order valence-corrected chi connectivity index (χ1v) is 7.45. The Morgan fingerprint density at radius 1 is 1.05 bits per heavy atom. The molecule has 0 spiro atoms. The van der Waals surface area contributed by atoms with Crippen LogP contribution in [0.25, 0.3) is 11.0 Å². The number of aryl methyl sites for hydroxylation is 1. The monoisotopic (exact) mass is 294 g/mol. The summed E-state index contributed by atoms with van der Waals surface area (Å²) in [6.07, 6.45) is 1.63. The number of hydrogen-bond donors (Lipinski definition) is 1. The van der Waals surface area contributed by atoms with Crippen LogP contribution in [0, 0.1) is 0 Å².